The van der Waals surface area contributed by atoms with Crippen LogP contribution in [-0.2, 0) is 21.1 Å². The number of rotatable bonds is 4. The molecule has 0 aliphatic carbocycles. The maximum atomic E-state index is 12.7. The third-order valence-electron chi connectivity index (χ3n) is 4.39. The molecule has 0 aromatic carbocycles. The molecule has 1 aliphatic rings. The topological polar surface area (TPSA) is 67.6 Å². The van der Waals surface area contributed by atoms with Crippen LogP contribution in [0, 0.1) is 0 Å². The lowest BCUT2D eigenvalue weighted by Crippen LogP contribution is -2.43. The van der Waals surface area contributed by atoms with Crippen LogP contribution in [-0.4, -0.2) is 37.3 Å². The highest BCUT2D eigenvalue weighted by Gasteiger charge is 2.35. The molecule has 1 aromatic heterocycles. The van der Waals surface area contributed by atoms with Gasteiger partial charge in [0.2, 0.25) is 5.91 Å². The van der Waals surface area contributed by atoms with E-state index in [9.17, 15) is 13.2 Å². The van der Waals surface area contributed by atoms with E-state index in [0.717, 1.165) is 49.9 Å². The van der Waals surface area contributed by atoms with Gasteiger partial charge in [0, 0.05) is 19.2 Å². The Morgan fingerprint density at radius 1 is 1.36 bits per heavy atom. The zero-order chi connectivity index (χ0) is 16.3. The first-order chi connectivity index (χ1) is 10.3. The molecule has 1 aliphatic heterocycles. The van der Waals surface area contributed by atoms with Gasteiger partial charge in [-0.25, -0.2) is 8.42 Å². The molecule has 22 heavy (non-hydrogen) atoms. The van der Waals surface area contributed by atoms with Gasteiger partial charge in [-0.15, -0.1) is 0 Å². The summed E-state index contributed by atoms with van der Waals surface area (Å²) in [4.78, 5) is 14.4. The zero-order valence-electron chi connectivity index (χ0n) is 13.5. The smallest absolute Gasteiger partial charge is 0.241 e. The molecule has 5 nitrogen and oxygen atoms in total. The van der Waals surface area contributed by atoms with Gasteiger partial charge >= 0.3 is 0 Å². The van der Waals surface area contributed by atoms with Crippen LogP contribution in [0.15, 0.2) is 16.5 Å². The summed E-state index contributed by atoms with van der Waals surface area (Å²) in [6.07, 6.45) is 5.71. The van der Waals surface area contributed by atoms with Gasteiger partial charge in [0.05, 0.1) is 6.04 Å². The lowest BCUT2D eigenvalue weighted by molar-refractivity contribution is -0.133. The normalized spacial score (nSPS) is 21.4. The molecule has 2 heterocycles. The van der Waals surface area contributed by atoms with Crippen LogP contribution in [0.25, 0.3) is 0 Å². The first kappa shape index (κ1) is 17.1. The molecule has 2 rings (SSSR count). The Bertz CT molecular complexity index is 620. The number of furan rings is 1. The van der Waals surface area contributed by atoms with E-state index in [4.69, 9.17) is 4.42 Å². The van der Waals surface area contributed by atoms with Crippen LogP contribution >= 0.6 is 0 Å². The largest absolute Gasteiger partial charge is 0.464 e. The lowest BCUT2D eigenvalue weighted by atomic mass is 10.1. The maximum absolute atomic E-state index is 12.7. The molecule has 0 bridgehead atoms. The molecule has 1 amide bonds. The SMILES string of the molecule is CCc1ccc([C@@H]2CCCCCN2C(=O)[C@H](C)S(C)(=O)=O)o1. The second kappa shape index (κ2) is 6.86. The molecular formula is C16H25NO4S. The fourth-order valence-corrected chi connectivity index (χ4v) is 3.35. The molecule has 1 saturated heterocycles. The molecule has 0 spiro atoms. The minimum Gasteiger partial charge on any atom is -0.464 e. The van der Waals surface area contributed by atoms with Crippen molar-refractivity contribution < 1.29 is 17.6 Å². The van der Waals surface area contributed by atoms with Crippen LogP contribution in [0.4, 0.5) is 0 Å². The first-order valence-electron chi connectivity index (χ1n) is 7.92. The maximum Gasteiger partial charge on any atom is 0.241 e. The number of amides is 1. The Kier molecular flexibility index (Phi) is 5.32. The van der Waals surface area contributed by atoms with Crippen molar-refractivity contribution in [2.24, 2.45) is 0 Å². The lowest BCUT2D eigenvalue weighted by Gasteiger charge is -2.30. The summed E-state index contributed by atoms with van der Waals surface area (Å²) >= 11 is 0. The molecule has 2 atom stereocenters. The van der Waals surface area contributed by atoms with E-state index in [1.807, 2.05) is 19.1 Å². The van der Waals surface area contributed by atoms with E-state index >= 15 is 0 Å². The highest BCUT2D eigenvalue weighted by Crippen LogP contribution is 2.32. The highest BCUT2D eigenvalue weighted by atomic mass is 32.2. The third-order valence-corrected chi connectivity index (χ3v) is 5.87. The summed E-state index contributed by atoms with van der Waals surface area (Å²) in [6, 6.07) is 3.70. The van der Waals surface area contributed by atoms with Crippen molar-refractivity contribution in [3.05, 3.63) is 23.7 Å². The fraction of sp³-hybridized carbons (Fsp3) is 0.688. The standard InChI is InChI=1S/C16H25NO4S/c1-4-13-9-10-15(21-13)14-8-6-5-7-11-17(14)16(18)12(2)22(3,19)20/h9-10,12,14H,4-8,11H2,1-3H3/t12-,14-/m0/s1. The van der Waals surface area contributed by atoms with Crippen molar-refractivity contribution in [2.75, 3.05) is 12.8 Å². The van der Waals surface area contributed by atoms with Crippen LogP contribution in [0.5, 0.6) is 0 Å². The number of hydrogen-bond acceptors (Lipinski definition) is 4. The molecule has 0 N–H and O–H groups in total. The Morgan fingerprint density at radius 3 is 2.68 bits per heavy atom. The van der Waals surface area contributed by atoms with Crippen molar-refractivity contribution in [2.45, 2.75) is 57.2 Å². The monoisotopic (exact) mass is 327 g/mol. The number of hydrogen-bond donors (Lipinski definition) is 0. The molecule has 1 aromatic rings. The zero-order valence-corrected chi connectivity index (χ0v) is 14.4. The summed E-state index contributed by atoms with van der Waals surface area (Å²) in [6.45, 7) is 4.08. The molecule has 0 unspecified atom stereocenters. The molecule has 1 fully saturated rings. The van der Waals surface area contributed by atoms with E-state index in [1.54, 1.807) is 4.90 Å². The second-order valence-corrected chi connectivity index (χ2v) is 8.39. The summed E-state index contributed by atoms with van der Waals surface area (Å²) in [5.41, 5.74) is 0. The average molecular weight is 327 g/mol. The quantitative estimate of drug-likeness (QED) is 0.853. The van der Waals surface area contributed by atoms with Crippen molar-refractivity contribution in [1.29, 1.82) is 0 Å². The van der Waals surface area contributed by atoms with E-state index < -0.39 is 15.1 Å². The van der Waals surface area contributed by atoms with Gasteiger partial charge in [0.1, 0.15) is 16.8 Å². The number of nitrogens with zero attached hydrogens (tertiary/aromatic N) is 1. The number of sulfone groups is 1. The number of likely N-dealkylation sites (tertiary alicyclic amines) is 1. The third kappa shape index (κ3) is 3.72. The van der Waals surface area contributed by atoms with Gasteiger partial charge in [-0.1, -0.05) is 19.8 Å². The summed E-state index contributed by atoms with van der Waals surface area (Å²) in [5.74, 6) is 1.35. The number of aryl methyl sites for hydroxylation is 1. The predicted molar refractivity (Wildman–Crippen MR) is 85.3 cm³/mol. The van der Waals surface area contributed by atoms with E-state index in [2.05, 4.69) is 0 Å². The van der Waals surface area contributed by atoms with Crippen molar-refractivity contribution in [1.82, 2.24) is 4.90 Å². The number of carbonyl (C=O) groups is 1. The van der Waals surface area contributed by atoms with Gasteiger partial charge < -0.3 is 9.32 Å². The Hall–Kier alpha value is -1.30. The average Bonchev–Trinajstić information content (AvgIpc) is 2.81. The van der Waals surface area contributed by atoms with Gasteiger partial charge in [-0.3, -0.25) is 4.79 Å². The van der Waals surface area contributed by atoms with Crippen molar-refractivity contribution in [3.63, 3.8) is 0 Å². The molecular weight excluding hydrogens is 302 g/mol. The summed E-state index contributed by atoms with van der Waals surface area (Å²) in [7, 11) is -3.39. The molecule has 0 radical (unpaired) electrons. The Morgan fingerprint density at radius 2 is 2.09 bits per heavy atom. The number of carbonyl (C=O) groups excluding carboxylic acids is 1. The Labute approximate surface area is 132 Å². The van der Waals surface area contributed by atoms with E-state index in [1.165, 1.54) is 6.92 Å². The fourth-order valence-electron chi connectivity index (χ4n) is 2.85. The van der Waals surface area contributed by atoms with E-state index in [-0.39, 0.29) is 11.9 Å². The first-order valence-corrected chi connectivity index (χ1v) is 9.88. The van der Waals surface area contributed by atoms with Crippen molar-refractivity contribution in [3.8, 4) is 0 Å². The summed E-state index contributed by atoms with van der Waals surface area (Å²) in [5, 5.41) is -1.01. The predicted octanol–water partition coefficient (Wildman–Crippen LogP) is 2.72. The van der Waals surface area contributed by atoms with Crippen LogP contribution in [0.3, 0.4) is 0 Å². The van der Waals surface area contributed by atoms with E-state index in [0.29, 0.717) is 6.54 Å². The molecule has 124 valence electrons. The second-order valence-electron chi connectivity index (χ2n) is 6.03. The van der Waals surface area contributed by atoms with Gasteiger partial charge in [-0.2, -0.15) is 0 Å². The van der Waals surface area contributed by atoms with Gasteiger partial charge in [-0.05, 0) is 31.9 Å². The van der Waals surface area contributed by atoms with Gasteiger partial charge in [0.25, 0.3) is 0 Å². The highest BCUT2D eigenvalue weighted by molar-refractivity contribution is 7.92. The van der Waals surface area contributed by atoms with Gasteiger partial charge in [0.15, 0.2) is 9.84 Å². The van der Waals surface area contributed by atoms with Crippen molar-refractivity contribution >= 4 is 15.7 Å². The van der Waals surface area contributed by atoms with Crippen LogP contribution < -0.4 is 0 Å². The Balaban J connectivity index is 2.29. The van der Waals surface area contributed by atoms with Crippen LogP contribution in [0.2, 0.25) is 0 Å². The van der Waals surface area contributed by atoms with Crippen LogP contribution in [0.1, 0.15) is 57.1 Å². The summed E-state index contributed by atoms with van der Waals surface area (Å²) < 4.78 is 29.3. The molecule has 6 heteroatoms. The minimum absolute atomic E-state index is 0.153. The minimum atomic E-state index is -3.39. The molecule has 0 saturated carbocycles.